The number of carboxylic acids is 1. The molecule has 0 aliphatic heterocycles. The third-order valence-corrected chi connectivity index (χ3v) is 5.02. The van der Waals surface area contributed by atoms with Crippen molar-refractivity contribution in [2.24, 2.45) is 0 Å². The Hall–Kier alpha value is -2.27. The molecule has 5 heteroatoms. The Balaban J connectivity index is 2.32. The van der Waals surface area contributed by atoms with Crippen LogP contribution >= 0.6 is 15.9 Å². The molecule has 3 aromatic rings. The molecule has 136 valence electrons. The molecule has 0 atom stereocenters. The van der Waals surface area contributed by atoms with Gasteiger partial charge < -0.3 is 14.8 Å². The highest BCUT2D eigenvalue weighted by atomic mass is 79.9. The van der Waals surface area contributed by atoms with Gasteiger partial charge in [-0.15, -0.1) is 0 Å². The van der Waals surface area contributed by atoms with Gasteiger partial charge in [0.25, 0.3) is 0 Å². The number of rotatable bonds is 4. The maximum absolute atomic E-state index is 11.5. The van der Waals surface area contributed by atoms with E-state index in [1.807, 2.05) is 24.3 Å². The van der Waals surface area contributed by atoms with Crippen molar-refractivity contribution in [3.63, 3.8) is 0 Å². The lowest BCUT2D eigenvalue weighted by atomic mass is 9.86. The molecule has 0 amide bonds. The van der Waals surface area contributed by atoms with E-state index in [9.17, 15) is 9.90 Å². The Morgan fingerprint density at radius 2 is 1.92 bits per heavy atom. The Kier molecular flexibility index (Phi) is 4.84. The lowest BCUT2D eigenvalue weighted by Gasteiger charge is -2.19. The topological polar surface area (TPSA) is 62.3 Å². The molecule has 0 saturated carbocycles. The van der Waals surface area contributed by atoms with Crippen molar-refractivity contribution >= 4 is 32.8 Å². The van der Waals surface area contributed by atoms with E-state index in [4.69, 9.17) is 4.74 Å². The molecule has 0 bridgehead atoms. The minimum atomic E-state index is -0.859. The first-order chi connectivity index (χ1) is 12.2. The first kappa shape index (κ1) is 18.5. The molecule has 26 heavy (non-hydrogen) atoms. The van der Waals surface area contributed by atoms with Gasteiger partial charge in [0.1, 0.15) is 5.75 Å². The van der Waals surface area contributed by atoms with E-state index >= 15 is 0 Å². The summed E-state index contributed by atoms with van der Waals surface area (Å²) in [5.41, 5.74) is 4.47. The van der Waals surface area contributed by atoms with Gasteiger partial charge >= 0.3 is 5.97 Å². The second kappa shape index (κ2) is 6.80. The Morgan fingerprint density at radius 3 is 2.54 bits per heavy atom. The number of aromatic nitrogens is 1. The third kappa shape index (κ3) is 3.49. The van der Waals surface area contributed by atoms with Crippen LogP contribution < -0.4 is 4.74 Å². The average molecular weight is 416 g/mol. The molecule has 0 fully saturated rings. The van der Waals surface area contributed by atoms with Crippen LogP contribution in [-0.2, 0) is 16.6 Å². The van der Waals surface area contributed by atoms with Gasteiger partial charge in [-0.1, -0.05) is 42.8 Å². The molecule has 0 spiro atoms. The summed E-state index contributed by atoms with van der Waals surface area (Å²) in [6, 6.07) is 11.9. The Labute approximate surface area is 161 Å². The molecule has 1 heterocycles. The number of halogens is 1. The van der Waals surface area contributed by atoms with E-state index in [0.717, 1.165) is 32.2 Å². The molecule has 0 saturated heterocycles. The van der Waals surface area contributed by atoms with Gasteiger partial charge in [-0.25, -0.2) is 0 Å². The Bertz CT molecular complexity index is 983. The number of hydrogen-bond donors (Lipinski definition) is 2. The number of carboxylic acid groups (broad SMARTS) is 1. The summed E-state index contributed by atoms with van der Waals surface area (Å²) < 4.78 is 6.41. The summed E-state index contributed by atoms with van der Waals surface area (Å²) in [6.07, 6.45) is -0.0569. The van der Waals surface area contributed by atoms with Crippen LogP contribution in [-0.4, -0.2) is 23.2 Å². The number of hydrogen-bond acceptors (Lipinski definition) is 2. The summed E-state index contributed by atoms with van der Waals surface area (Å²) >= 11 is 3.49. The maximum Gasteiger partial charge on any atom is 0.307 e. The highest BCUT2D eigenvalue weighted by molar-refractivity contribution is 9.10. The first-order valence-electron chi connectivity index (χ1n) is 8.41. The van der Waals surface area contributed by atoms with Crippen LogP contribution in [0.3, 0.4) is 0 Å². The highest BCUT2D eigenvalue weighted by Gasteiger charge is 2.21. The van der Waals surface area contributed by atoms with Gasteiger partial charge in [0, 0.05) is 20.9 Å². The van der Waals surface area contributed by atoms with Crippen molar-refractivity contribution in [3.8, 4) is 17.0 Å². The number of fused-ring (bicyclic) bond motifs is 1. The summed E-state index contributed by atoms with van der Waals surface area (Å²) in [6.45, 7) is 6.45. The predicted octanol–water partition coefficient (Wildman–Crippen LogP) is 5.53. The van der Waals surface area contributed by atoms with E-state index < -0.39 is 5.97 Å². The van der Waals surface area contributed by atoms with Crippen molar-refractivity contribution < 1.29 is 14.6 Å². The van der Waals surface area contributed by atoms with E-state index in [-0.39, 0.29) is 11.8 Å². The van der Waals surface area contributed by atoms with Crippen LogP contribution in [0.5, 0.6) is 5.75 Å². The number of H-pyrrole nitrogens is 1. The smallest absolute Gasteiger partial charge is 0.307 e. The highest BCUT2D eigenvalue weighted by Crippen LogP contribution is 2.38. The summed E-state index contributed by atoms with van der Waals surface area (Å²) in [4.78, 5) is 14.9. The van der Waals surface area contributed by atoms with E-state index in [1.165, 1.54) is 5.56 Å². The second-order valence-electron chi connectivity index (χ2n) is 7.40. The summed E-state index contributed by atoms with van der Waals surface area (Å²) in [5, 5.41) is 10.4. The molecule has 2 N–H and O–H groups in total. The fourth-order valence-corrected chi connectivity index (χ4v) is 3.52. The predicted molar refractivity (Wildman–Crippen MR) is 108 cm³/mol. The molecular weight excluding hydrogens is 394 g/mol. The number of benzene rings is 2. The third-order valence-electron chi connectivity index (χ3n) is 4.53. The van der Waals surface area contributed by atoms with Crippen LogP contribution in [0.2, 0.25) is 0 Å². The van der Waals surface area contributed by atoms with E-state index in [0.29, 0.717) is 5.75 Å². The van der Waals surface area contributed by atoms with Crippen LogP contribution in [0.25, 0.3) is 22.2 Å². The molecule has 0 aliphatic carbocycles. The molecule has 4 nitrogen and oxygen atoms in total. The van der Waals surface area contributed by atoms with Crippen LogP contribution in [0.15, 0.2) is 40.9 Å². The van der Waals surface area contributed by atoms with Crippen molar-refractivity contribution in [1.29, 1.82) is 0 Å². The minimum Gasteiger partial charge on any atom is -0.496 e. The zero-order chi connectivity index (χ0) is 19.1. The SMILES string of the molecule is COc1ccc(Br)cc1-c1[nH]c2ccc(C(C)(C)C)cc2c1CC(=O)O. The maximum atomic E-state index is 11.5. The normalized spacial score (nSPS) is 11.7. The van der Waals surface area contributed by atoms with Gasteiger partial charge in [0.2, 0.25) is 0 Å². The first-order valence-corrected chi connectivity index (χ1v) is 9.21. The monoisotopic (exact) mass is 415 g/mol. The second-order valence-corrected chi connectivity index (χ2v) is 8.32. The molecule has 3 rings (SSSR count). The number of nitrogens with one attached hydrogen (secondary N) is 1. The fourth-order valence-electron chi connectivity index (χ4n) is 3.15. The minimum absolute atomic E-state index is 0.0143. The van der Waals surface area contributed by atoms with Gasteiger partial charge in [-0.2, -0.15) is 0 Å². The average Bonchev–Trinajstić information content (AvgIpc) is 2.91. The molecule has 0 radical (unpaired) electrons. The zero-order valence-corrected chi connectivity index (χ0v) is 16.9. The van der Waals surface area contributed by atoms with Crippen LogP contribution in [0, 0.1) is 0 Å². The molecular formula is C21H22BrNO3. The standard InChI is InChI=1S/C21H22BrNO3/c1-21(2,3)12-5-7-17-14(9-12)15(11-19(24)25)20(23-17)16-10-13(22)6-8-18(16)26-4/h5-10,23H,11H2,1-4H3,(H,24,25). The molecule has 1 aromatic heterocycles. The van der Waals surface area contributed by atoms with Crippen molar-refractivity contribution in [2.45, 2.75) is 32.6 Å². The van der Waals surface area contributed by atoms with Crippen molar-refractivity contribution in [1.82, 2.24) is 4.98 Å². The number of aliphatic carboxylic acids is 1. The zero-order valence-electron chi connectivity index (χ0n) is 15.3. The fraction of sp³-hybridized carbons (Fsp3) is 0.286. The number of aromatic amines is 1. The summed E-state index contributed by atoms with van der Waals surface area (Å²) in [7, 11) is 1.62. The summed E-state index contributed by atoms with van der Waals surface area (Å²) in [5.74, 6) is -0.162. The largest absolute Gasteiger partial charge is 0.496 e. The van der Waals surface area contributed by atoms with Crippen LogP contribution in [0.1, 0.15) is 31.9 Å². The van der Waals surface area contributed by atoms with Gasteiger partial charge in [-0.3, -0.25) is 4.79 Å². The van der Waals surface area contributed by atoms with E-state index in [2.05, 4.69) is 53.8 Å². The quantitative estimate of drug-likeness (QED) is 0.588. The number of methoxy groups -OCH3 is 1. The molecule has 0 aliphatic rings. The lowest BCUT2D eigenvalue weighted by Crippen LogP contribution is -2.10. The van der Waals surface area contributed by atoms with Crippen LogP contribution in [0.4, 0.5) is 0 Å². The van der Waals surface area contributed by atoms with E-state index in [1.54, 1.807) is 7.11 Å². The number of ether oxygens (including phenoxy) is 1. The lowest BCUT2D eigenvalue weighted by molar-refractivity contribution is -0.136. The van der Waals surface area contributed by atoms with Gasteiger partial charge in [0.05, 0.1) is 19.2 Å². The Morgan fingerprint density at radius 1 is 1.19 bits per heavy atom. The van der Waals surface area contributed by atoms with Crippen molar-refractivity contribution in [3.05, 3.63) is 52.0 Å². The van der Waals surface area contributed by atoms with Crippen molar-refractivity contribution in [2.75, 3.05) is 7.11 Å². The number of carbonyl (C=O) groups is 1. The molecule has 0 unspecified atom stereocenters. The van der Waals surface area contributed by atoms with Gasteiger partial charge in [-0.05, 0) is 46.9 Å². The molecule has 2 aromatic carbocycles. The van der Waals surface area contributed by atoms with Gasteiger partial charge in [0.15, 0.2) is 0 Å².